The molecular formula is C17H23F4N3O4S. The molecule has 0 unspecified atom stereocenters. The molecule has 1 amide bonds. The lowest BCUT2D eigenvalue weighted by Gasteiger charge is -2.32. The van der Waals surface area contributed by atoms with Gasteiger partial charge in [-0.05, 0) is 50.0 Å². The first-order chi connectivity index (χ1) is 13.6. The molecule has 1 aromatic rings. The van der Waals surface area contributed by atoms with E-state index < -0.39 is 22.4 Å². The van der Waals surface area contributed by atoms with Crippen molar-refractivity contribution < 1.29 is 35.5 Å². The molecule has 1 aliphatic rings. The highest BCUT2D eigenvalue weighted by Gasteiger charge is 2.45. The highest BCUT2D eigenvalue weighted by Crippen LogP contribution is 2.21. The minimum absolute atomic E-state index is 0.176. The number of ether oxygens (including phenoxy) is 1. The van der Waals surface area contributed by atoms with Crippen molar-refractivity contribution >= 4 is 15.9 Å². The van der Waals surface area contributed by atoms with Gasteiger partial charge < -0.3 is 15.0 Å². The highest BCUT2D eigenvalue weighted by molar-refractivity contribution is 7.90. The summed E-state index contributed by atoms with van der Waals surface area (Å²) in [4.78, 5) is 14.1. The standard InChI is InChI=1S/C17H23F4N3O4S/c18-12-28-15-3-1-2-14(10-15)16(25)22-11-13-4-7-24(8-5-13)9-6-23-29(26,27)17(19,20)21/h1-3,10,13,23H,4-9,11-12H2,(H,22,25). The molecular weight excluding hydrogens is 418 g/mol. The molecule has 1 aliphatic heterocycles. The molecule has 0 aromatic heterocycles. The second-order valence-electron chi connectivity index (χ2n) is 6.62. The quantitative estimate of drug-likeness (QED) is 0.572. The third-order valence-electron chi connectivity index (χ3n) is 4.60. The summed E-state index contributed by atoms with van der Waals surface area (Å²) in [5.41, 5.74) is -4.96. The van der Waals surface area contributed by atoms with E-state index in [1.807, 2.05) is 4.90 Å². The van der Waals surface area contributed by atoms with Crippen LogP contribution in [0.4, 0.5) is 17.6 Å². The number of alkyl halides is 4. The molecule has 1 heterocycles. The molecule has 1 aromatic carbocycles. The van der Waals surface area contributed by atoms with Crippen LogP contribution >= 0.6 is 0 Å². The number of hydrogen-bond donors (Lipinski definition) is 2. The van der Waals surface area contributed by atoms with Gasteiger partial charge >= 0.3 is 15.5 Å². The molecule has 12 heteroatoms. The number of sulfonamides is 1. The molecule has 0 bridgehead atoms. The Hall–Kier alpha value is -1.92. The molecule has 0 atom stereocenters. The van der Waals surface area contributed by atoms with Crippen LogP contribution in [0.1, 0.15) is 23.2 Å². The predicted octanol–water partition coefficient (Wildman–Crippen LogP) is 1.87. The third-order valence-corrected chi connectivity index (χ3v) is 5.79. The predicted molar refractivity (Wildman–Crippen MR) is 97.5 cm³/mol. The van der Waals surface area contributed by atoms with Crippen molar-refractivity contribution in [3.63, 3.8) is 0 Å². The molecule has 2 rings (SSSR count). The smallest absolute Gasteiger partial charge is 0.463 e. The van der Waals surface area contributed by atoms with E-state index in [-0.39, 0.29) is 30.7 Å². The number of amides is 1. The minimum atomic E-state index is -5.31. The topological polar surface area (TPSA) is 87.7 Å². The third kappa shape index (κ3) is 7.12. The van der Waals surface area contributed by atoms with E-state index >= 15 is 0 Å². The molecule has 2 N–H and O–H groups in total. The lowest BCUT2D eigenvalue weighted by atomic mass is 9.96. The second kappa shape index (κ2) is 10.2. The van der Waals surface area contributed by atoms with Crippen molar-refractivity contribution in [3.8, 4) is 5.75 Å². The lowest BCUT2D eigenvalue weighted by Crippen LogP contribution is -2.44. The van der Waals surface area contributed by atoms with Gasteiger partial charge in [-0.15, -0.1) is 0 Å². The first-order valence-corrected chi connectivity index (χ1v) is 10.5. The van der Waals surface area contributed by atoms with E-state index in [1.165, 1.54) is 6.07 Å². The minimum Gasteiger partial charge on any atom is -0.463 e. The number of carbonyl (C=O) groups is 1. The Labute approximate surface area is 166 Å². The summed E-state index contributed by atoms with van der Waals surface area (Å²) in [5.74, 6) is 0.153. The van der Waals surface area contributed by atoms with Gasteiger partial charge in [0.25, 0.3) is 5.91 Å². The van der Waals surface area contributed by atoms with Gasteiger partial charge in [0.15, 0.2) is 0 Å². The Bertz CT molecular complexity index is 781. The van der Waals surface area contributed by atoms with E-state index in [1.54, 1.807) is 22.9 Å². The summed E-state index contributed by atoms with van der Waals surface area (Å²) in [6, 6.07) is 6.16. The molecule has 164 valence electrons. The Morgan fingerprint density at radius 1 is 1.24 bits per heavy atom. The number of benzene rings is 1. The number of nitrogens with zero attached hydrogens (tertiary/aromatic N) is 1. The van der Waals surface area contributed by atoms with Crippen molar-refractivity contribution in [1.29, 1.82) is 0 Å². The Balaban J connectivity index is 1.69. The average molecular weight is 441 g/mol. The first-order valence-electron chi connectivity index (χ1n) is 8.97. The molecule has 0 aliphatic carbocycles. The average Bonchev–Trinajstić information content (AvgIpc) is 2.66. The Morgan fingerprint density at radius 2 is 1.93 bits per heavy atom. The van der Waals surface area contributed by atoms with Crippen molar-refractivity contribution in [2.75, 3.05) is 39.6 Å². The summed E-state index contributed by atoms with van der Waals surface area (Å²) in [5, 5.41) is 2.81. The first kappa shape index (κ1) is 23.4. The zero-order valence-electron chi connectivity index (χ0n) is 15.5. The molecule has 29 heavy (non-hydrogen) atoms. The zero-order chi connectivity index (χ0) is 21.5. The molecule has 0 saturated carbocycles. The van der Waals surface area contributed by atoms with Crippen LogP contribution in [0.3, 0.4) is 0 Å². The number of hydrogen-bond acceptors (Lipinski definition) is 5. The van der Waals surface area contributed by atoms with Crippen LogP contribution in [-0.4, -0.2) is 64.3 Å². The largest absolute Gasteiger partial charge is 0.511 e. The molecule has 1 fully saturated rings. The maximum Gasteiger partial charge on any atom is 0.511 e. The zero-order valence-corrected chi connectivity index (χ0v) is 16.4. The second-order valence-corrected chi connectivity index (χ2v) is 8.38. The van der Waals surface area contributed by atoms with Crippen molar-refractivity contribution in [2.24, 2.45) is 5.92 Å². The van der Waals surface area contributed by atoms with E-state index in [2.05, 4.69) is 5.32 Å². The van der Waals surface area contributed by atoms with Crippen LogP contribution < -0.4 is 14.8 Å². The summed E-state index contributed by atoms with van der Waals surface area (Å²) in [6.07, 6.45) is 1.44. The Kier molecular flexibility index (Phi) is 8.23. The van der Waals surface area contributed by atoms with Crippen LogP contribution in [0.25, 0.3) is 0 Å². The fraction of sp³-hybridized carbons (Fsp3) is 0.588. The van der Waals surface area contributed by atoms with Crippen LogP contribution in [0.15, 0.2) is 24.3 Å². The monoisotopic (exact) mass is 441 g/mol. The highest BCUT2D eigenvalue weighted by atomic mass is 32.2. The summed E-state index contributed by atoms with van der Waals surface area (Å²) >= 11 is 0. The molecule has 7 nitrogen and oxygen atoms in total. The number of carbonyl (C=O) groups excluding carboxylic acids is 1. The van der Waals surface area contributed by atoms with Crippen molar-refractivity contribution in [1.82, 2.24) is 14.9 Å². The number of halogens is 4. The number of nitrogens with one attached hydrogen (secondary N) is 2. The normalized spacial score (nSPS) is 16.6. The summed E-state index contributed by atoms with van der Waals surface area (Å²) in [7, 11) is -5.31. The number of rotatable bonds is 9. The van der Waals surface area contributed by atoms with Crippen LogP contribution in [0, 0.1) is 5.92 Å². The van der Waals surface area contributed by atoms with E-state index in [4.69, 9.17) is 4.74 Å². The maximum absolute atomic E-state index is 12.3. The molecule has 0 radical (unpaired) electrons. The molecule has 1 saturated heterocycles. The number of piperidine rings is 1. The lowest BCUT2D eigenvalue weighted by molar-refractivity contribution is -0.0448. The van der Waals surface area contributed by atoms with Gasteiger partial charge in [-0.1, -0.05) is 6.07 Å². The van der Waals surface area contributed by atoms with Gasteiger partial charge in [-0.2, -0.15) is 13.2 Å². The van der Waals surface area contributed by atoms with Gasteiger partial charge in [-0.3, -0.25) is 4.79 Å². The summed E-state index contributed by atoms with van der Waals surface area (Å²) < 4.78 is 77.2. The van der Waals surface area contributed by atoms with E-state index in [0.717, 1.165) is 12.8 Å². The van der Waals surface area contributed by atoms with Crippen molar-refractivity contribution in [2.45, 2.75) is 18.3 Å². The van der Waals surface area contributed by atoms with Gasteiger partial charge in [0.2, 0.25) is 6.86 Å². The van der Waals surface area contributed by atoms with E-state index in [0.29, 0.717) is 25.2 Å². The van der Waals surface area contributed by atoms with Gasteiger partial charge in [0.05, 0.1) is 0 Å². The van der Waals surface area contributed by atoms with Gasteiger partial charge in [-0.25, -0.2) is 17.5 Å². The molecule has 0 spiro atoms. The van der Waals surface area contributed by atoms with Gasteiger partial charge in [0.1, 0.15) is 5.75 Å². The fourth-order valence-corrected chi connectivity index (χ4v) is 3.49. The SMILES string of the molecule is O=C(NCC1CCN(CCNS(=O)(=O)C(F)(F)F)CC1)c1cccc(OCF)c1. The van der Waals surface area contributed by atoms with Crippen LogP contribution in [0.2, 0.25) is 0 Å². The fourth-order valence-electron chi connectivity index (χ4n) is 2.96. The van der Waals surface area contributed by atoms with E-state index in [9.17, 15) is 30.8 Å². The van der Waals surface area contributed by atoms with Gasteiger partial charge in [0, 0.05) is 25.2 Å². The maximum atomic E-state index is 12.3. The Morgan fingerprint density at radius 3 is 2.55 bits per heavy atom. The van der Waals surface area contributed by atoms with Crippen LogP contribution in [-0.2, 0) is 10.0 Å². The van der Waals surface area contributed by atoms with Crippen molar-refractivity contribution in [3.05, 3.63) is 29.8 Å². The number of likely N-dealkylation sites (tertiary alicyclic amines) is 1. The summed E-state index contributed by atoms with van der Waals surface area (Å²) in [6.45, 7) is 0.487. The van der Waals surface area contributed by atoms with Crippen LogP contribution in [0.5, 0.6) is 5.75 Å².